The van der Waals surface area contributed by atoms with Crippen LogP contribution in [-0.2, 0) is 26.5 Å². The van der Waals surface area contributed by atoms with Crippen LogP contribution in [0, 0.1) is 11.6 Å². The van der Waals surface area contributed by atoms with Crippen LogP contribution in [0.3, 0.4) is 0 Å². The number of pyridine rings is 1. The molecule has 0 fully saturated rings. The van der Waals surface area contributed by atoms with Gasteiger partial charge in [0.15, 0.2) is 0 Å². The summed E-state index contributed by atoms with van der Waals surface area (Å²) < 4.78 is 77.2. The van der Waals surface area contributed by atoms with E-state index in [1.165, 1.54) is 39.3 Å². The van der Waals surface area contributed by atoms with E-state index in [2.05, 4.69) is 15.0 Å². The van der Waals surface area contributed by atoms with Crippen molar-refractivity contribution in [2.75, 3.05) is 29.5 Å². The van der Waals surface area contributed by atoms with Gasteiger partial charge in [-0.2, -0.15) is 0 Å². The highest BCUT2D eigenvalue weighted by Gasteiger charge is 2.40. The lowest BCUT2D eigenvalue weighted by molar-refractivity contribution is 0.102. The first kappa shape index (κ1) is 31.1. The van der Waals surface area contributed by atoms with Crippen LogP contribution in [0.2, 0.25) is 0 Å². The second-order valence-electron chi connectivity index (χ2n) is 10.2. The molecule has 2 N–H and O–H groups in total. The average Bonchev–Trinajstić information content (AvgIpc) is 2.88. The Morgan fingerprint density at radius 2 is 1.70 bits per heavy atom. The molecule has 0 saturated heterocycles. The van der Waals surface area contributed by atoms with Gasteiger partial charge in [0.05, 0.1) is 46.0 Å². The lowest BCUT2D eigenvalue weighted by atomic mass is 9.94. The fourth-order valence-electron chi connectivity index (χ4n) is 3.67. The minimum atomic E-state index is -4.13. The first-order valence-corrected chi connectivity index (χ1v) is 14.8. The monoisotopic (exact) mass is 594 g/mol. The second-order valence-corrected chi connectivity index (χ2v) is 14.2. The first-order valence-electron chi connectivity index (χ1n) is 12.1. The van der Waals surface area contributed by atoms with Crippen molar-refractivity contribution < 1.29 is 30.9 Å². The molecule has 0 saturated carbocycles. The Hall–Kier alpha value is -3.42. The number of nitrogens with zero attached hydrogens (tertiary/aromatic N) is 2. The molecule has 1 unspecified atom stereocenters. The van der Waals surface area contributed by atoms with Gasteiger partial charge in [-0.15, -0.1) is 0 Å². The Balaban J connectivity index is 2.02. The fraction of sp³-hybridized carbons (Fsp3) is 0.333. The van der Waals surface area contributed by atoms with Gasteiger partial charge in [0.25, 0.3) is 5.91 Å². The molecule has 0 bridgehead atoms. The van der Waals surface area contributed by atoms with Crippen molar-refractivity contribution in [2.45, 2.75) is 38.0 Å². The normalized spacial score (nSPS) is 14.2. The molecular weight excluding hydrogens is 562 g/mol. The predicted molar refractivity (Wildman–Crippen MR) is 152 cm³/mol. The summed E-state index contributed by atoms with van der Waals surface area (Å²) in [5.74, 6) is -2.22. The molecule has 9 nitrogen and oxygen atoms in total. The Labute approximate surface area is 235 Å². The van der Waals surface area contributed by atoms with Crippen molar-refractivity contribution in [3.63, 3.8) is 0 Å². The van der Waals surface area contributed by atoms with Crippen LogP contribution in [0.1, 0.15) is 43.7 Å². The Morgan fingerprint density at radius 1 is 1.05 bits per heavy atom. The molecule has 0 radical (unpaired) electrons. The van der Waals surface area contributed by atoms with E-state index in [-0.39, 0.29) is 16.9 Å². The number of sulfonamides is 1. The number of amides is 1. The van der Waals surface area contributed by atoms with Gasteiger partial charge in [0, 0.05) is 18.3 Å². The lowest BCUT2D eigenvalue weighted by Crippen LogP contribution is -2.52. The van der Waals surface area contributed by atoms with Gasteiger partial charge >= 0.3 is 0 Å². The standard InChI is InChI=1S/C27H32F2N4O5S2/c1-26(2,3)39(35)32-27(4,17-40(36,37)33(5)20-9-11-21(38-6)12-10-20)22-15-19(8-13-23(22)29)31-25(34)24-14-7-18(28)16-30-24/h7-16,32H,17H2,1-6H3,(H,31,34)/t27-,39?/m0/s1. The number of halogens is 2. The van der Waals surface area contributed by atoms with Gasteiger partial charge in [-0.1, -0.05) is 0 Å². The molecule has 0 aliphatic rings. The van der Waals surface area contributed by atoms with Crippen LogP contribution in [-0.4, -0.2) is 48.2 Å². The summed E-state index contributed by atoms with van der Waals surface area (Å²) in [5, 5.41) is 2.56. The second kappa shape index (κ2) is 12.0. The summed E-state index contributed by atoms with van der Waals surface area (Å²) in [6, 6.07) is 12.2. The SMILES string of the molecule is COc1ccc(N(C)S(=O)(=O)C[C@](C)(NS(=O)C(C)(C)C)c2cc(NC(=O)c3ccc(F)cn3)ccc2F)cc1. The van der Waals surface area contributed by atoms with Crippen molar-refractivity contribution in [2.24, 2.45) is 0 Å². The highest BCUT2D eigenvalue weighted by Crippen LogP contribution is 2.32. The molecule has 3 aromatic rings. The molecule has 0 spiro atoms. The number of benzene rings is 2. The van der Waals surface area contributed by atoms with Crippen LogP contribution >= 0.6 is 0 Å². The number of aromatic nitrogens is 1. The van der Waals surface area contributed by atoms with Crippen molar-refractivity contribution in [1.82, 2.24) is 9.71 Å². The molecular formula is C27H32F2N4O5S2. The largest absolute Gasteiger partial charge is 0.497 e. The fourth-order valence-corrected chi connectivity index (χ4v) is 6.25. The molecule has 0 aliphatic carbocycles. The number of hydrogen-bond acceptors (Lipinski definition) is 6. The maximum absolute atomic E-state index is 15.4. The van der Waals surface area contributed by atoms with Crippen LogP contribution in [0.5, 0.6) is 5.75 Å². The molecule has 1 heterocycles. The average molecular weight is 595 g/mol. The van der Waals surface area contributed by atoms with Crippen LogP contribution in [0.25, 0.3) is 0 Å². The van der Waals surface area contributed by atoms with Crippen molar-refractivity contribution in [1.29, 1.82) is 0 Å². The Bertz CT molecular complexity index is 1490. The summed E-state index contributed by atoms with van der Waals surface area (Å²) in [7, 11) is -3.09. The van der Waals surface area contributed by atoms with E-state index in [1.807, 2.05) is 0 Å². The van der Waals surface area contributed by atoms with Crippen LogP contribution in [0.4, 0.5) is 20.2 Å². The predicted octanol–water partition coefficient (Wildman–Crippen LogP) is 4.35. The number of ether oxygens (including phenoxy) is 1. The summed E-state index contributed by atoms with van der Waals surface area (Å²) >= 11 is 0. The number of hydrogen-bond donors (Lipinski definition) is 2. The number of carbonyl (C=O) groups is 1. The zero-order valence-corrected chi connectivity index (χ0v) is 24.6. The number of methoxy groups -OCH3 is 1. The summed E-state index contributed by atoms with van der Waals surface area (Å²) in [6.45, 7) is 6.51. The molecule has 216 valence electrons. The Morgan fingerprint density at radius 3 is 2.25 bits per heavy atom. The zero-order chi connectivity index (χ0) is 29.9. The molecule has 2 aromatic carbocycles. The number of anilines is 2. The van der Waals surface area contributed by atoms with E-state index in [4.69, 9.17) is 4.74 Å². The summed E-state index contributed by atoms with van der Waals surface area (Å²) in [5.41, 5.74) is -1.46. The lowest BCUT2D eigenvalue weighted by Gasteiger charge is -2.35. The zero-order valence-electron chi connectivity index (χ0n) is 23.0. The van der Waals surface area contributed by atoms with Gasteiger partial charge in [-0.25, -0.2) is 31.1 Å². The maximum Gasteiger partial charge on any atom is 0.274 e. The van der Waals surface area contributed by atoms with Crippen molar-refractivity contribution >= 4 is 38.3 Å². The van der Waals surface area contributed by atoms with E-state index < -0.39 is 54.6 Å². The summed E-state index contributed by atoms with van der Waals surface area (Å²) in [6.07, 6.45) is 0.887. The highest BCUT2D eigenvalue weighted by molar-refractivity contribution is 7.92. The van der Waals surface area contributed by atoms with E-state index in [0.717, 1.165) is 22.6 Å². The van der Waals surface area contributed by atoms with Crippen molar-refractivity contribution in [3.8, 4) is 5.75 Å². The Kier molecular flexibility index (Phi) is 9.32. The van der Waals surface area contributed by atoms with Gasteiger partial charge in [-0.3, -0.25) is 9.10 Å². The third-order valence-corrected chi connectivity index (χ3v) is 9.71. The van der Waals surface area contributed by atoms with E-state index >= 15 is 4.39 Å². The van der Waals surface area contributed by atoms with Gasteiger partial charge in [0.1, 0.15) is 23.1 Å². The van der Waals surface area contributed by atoms with Gasteiger partial charge in [0.2, 0.25) is 10.0 Å². The molecule has 1 amide bonds. The summed E-state index contributed by atoms with van der Waals surface area (Å²) in [4.78, 5) is 16.4. The molecule has 13 heteroatoms. The molecule has 0 aliphatic heterocycles. The van der Waals surface area contributed by atoms with E-state index in [1.54, 1.807) is 45.0 Å². The third kappa shape index (κ3) is 7.40. The number of rotatable bonds is 10. The first-order chi connectivity index (χ1) is 18.6. The van der Waals surface area contributed by atoms with Gasteiger partial charge in [-0.05, 0) is 82.3 Å². The maximum atomic E-state index is 15.4. The van der Waals surface area contributed by atoms with Crippen LogP contribution in [0.15, 0.2) is 60.8 Å². The molecule has 40 heavy (non-hydrogen) atoms. The topological polar surface area (TPSA) is 118 Å². The van der Waals surface area contributed by atoms with Crippen LogP contribution < -0.4 is 19.1 Å². The third-order valence-electron chi connectivity index (χ3n) is 5.98. The van der Waals surface area contributed by atoms with Gasteiger partial charge < -0.3 is 10.1 Å². The quantitative estimate of drug-likeness (QED) is 0.360. The highest BCUT2D eigenvalue weighted by atomic mass is 32.2. The molecule has 1 aromatic heterocycles. The molecule has 2 atom stereocenters. The minimum absolute atomic E-state index is 0.0781. The number of nitrogens with one attached hydrogen (secondary N) is 2. The minimum Gasteiger partial charge on any atom is -0.497 e. The number of carbonyl (C=O) groups excluding carboxylic acids is 1. The van der Waals surface area contributed by atoms with Crippen molar-refractivity contribution in [3.05, 3.63) is 83.7 Å². The smallest absolute Gasteiger partial charge is 0.274 e. The van der Waals surface area contributed by atoms with E-state index in [9.17, 15) is 21.8 Å². The van der Waals surface area contributed by atoms with E-state index in [0.29, 0.717) is 11.4 Å². The molecule has 3 rings (SSSR count).